The van der Waals surface area contributed by atoms with E-state index in [-0.39, 0.29) is 91.0 Å². The van der Waals surface area contributed by atoms with Gasteiger partial charge in [-0.05, 0) is 65.8 Å². The number of hydrogen-bond acceptors (Lipinski definition) is 38. The minimum Gasteiger partial charge on any atom is -0.383 e. The molecule has 0 spiro atoms. The smallest absolute Gasteiger partial charge is 0.383 e. The van der Waals surface area contributed by atoms with E-state index in [1.54, 1.807) is 41.5 Å². The summed E-state index contributed by atoms with van der Waals surface area (Å²) in [5.41, 5.74) is 18.1. The predicted octanol–water partition coefficient (Wildman–Crippen LogP) is 9.37. The van der Waals surface area contributed by atoms with Gasteiger partial charge in [-0.25, -0.2) is 37.4 Å². The molecule has 8 fully saturated rings. The number of nitrogen functional groups attached to an aromatic ring is 4. The molecule has 12 rings (SSSR count). The highest BCUT2D eigenvalue weighted by atomic mass is 35.5. The lowest BCUT2D eigenvalue weighted by Crippen LogP contribution is -2.45. The van der Waals surface area contributed by atoms with Gasteiger partial charge in [0.15, 0.2) is 40.3 Å². The number of alkyl halides is 4. The normalized spacial score (nSPS) is 35.1. The summed E-state index contributed by atoms with van der Waals surface area (Å²) >= 11 is 29.9. The lowest BCUT2D eigenvalue weighted by atomic mass is 9.99. The number of nitrogens with two attached hydrogens (primary N) is 4. The van der Waals surface area contributed by atoms with Crippen LogP contribution >= 0.6 is 113 Å². The lowest BCUT2D eigenvalue weighted by molar-refractivity contribution is -0.118. The Kier molecular flexibility index (Phi) is 30.1. The molecule has 0 radical (unpaired) electrons. The average molecular weight is 1830 g/mol. The zero-order valence-electron chi connectivity index (χ0n) is 64.6. The highest BCUT2D eigenvalue weighted by Gasteiger charge is 2.64. The zero-order valence-corrected chi connectivity index (χ0v) is 73.7. The highest BCUT2D eigenvalue weighted by Crippen LogP contribution is 2.64. The third-order valence-electron chi connectivity index (χ3n) is 17.6. The fraction of sp³-hybridized carbons (Fsp3) is 0.703. The van der Waals surface area contributed by atoms with Crippen molar-refractivity contribution in [2.75, 3.05) is 86.4 Å². The van der Waals surface area contributed by atoms with Crippen molar-refractivity contribution in [3.8, 4) is 0 Å². The van der Waals surface area contributed by atoms with Crippen molar-refractivity contribution in [2.24, 2.45) is 16.2 Å². The molecule has 4 aromatic rings. The van der Waals surface area contributed by atoms with Gasteiger partial charge in [-0.3, -0.25) is 86.9 Å². The number of nitrogens with zero attached hydrogens (tertiary/aromatic N) is 8. The first-order valence-electron chi connectivity index (χ1n) is 35.2. The van der Waals surface area contributed by atoms with E-state index in [0.29, 0.717) is 17.3 Å². The number of carbonyl (C=O) groups excluding carboxylic acids is 3. The Labute approximate surface area is 688 Å². The van der Waals surface area contributed by atoms with Gasteiger partial charge in [0, 0.05) is 58.3 Å². The standard InChI is InChI=1S/3C17H25ClN3O7PS.C13H19ClN3O6P/c3*1-16(2,3)14(22)30-8-7-25-29(24)26-9-10-12(28-29)17(4,18)13(27-10)21-6-5-11(19)20-15(21)23;1-7(2)22-24(19)20-6-8-10(23-24)13(3,14)11(21-8)17-5-4-9(15)16-12(17)18/h3*5-6,10,12-13H,7-9H2,1-4H3,(H2,19,20,23);4-5,7-8,10-11H,6H2,1-3H3,(H2,15,16,18)/t10-,12-,13-,17-,29?;10-,12-,13-,17-,29+;10-,12-,13-,17-,29-;8-,10-,11-,13-,24?/m1111/s1. The Bertz CT molecular complexity index is 4280. The number of phosphoric acid groups is 4. The number of rotatable bonds is 18. The number of fused-ring (bicyclic) bond motifs is 4. The average Bonchev–Trinajstić information content (AvgIpc) is 1.61. The van der Waals surface area contributed by atoms with Crippen molar-refractivity contribution >= 4 is 152 Å². The Hall–Kier alpha value is -3.78. The van der Waals surface area contributed by atoms with Gasteiger partial charge in [0.05, 0.1) is 52.4 Å². The SMILES string of the molecule is CC(C)(C)C(=O)SCCOP1(=O)OC[C@H]2O[C@@H](n3ccc(N)nc3=O)[C@](C)(Cl)[C@@H]2O1.CC(C)(C)C(=O)SCCO[P@@]1(=O)OC[C@H]2O[C@@H](n3ccc(N)nc3=O)[C@](C)(Cl)[C@@H]2O1.CC(C)(C)C(=O)SCCO[P@]1(=O)OC[C@H]2O[C@@H](n3ccc(N)nc3=O)[C@](C)(Cl)[C@@H]2O1.CC(C)OP1(=O)OC[C@H]2O[C@@H](n3ccc(N)nc3=O)[C@](C)(Cl)[C@@H]2O1. The molecule has 0 aliphatic carbocycles. The molecule has 2 unspecified atom stereocenters. The van der Waals surface area contributed by atoms with Crippen LogP contribution in [0.3, 0.4) is 0 Å². The van der Waals surface area contributed by atoms with E-state index in [4.69, 9.17) is 143 Å². The number of aromatic nitrogens is 8. The Morgan fingerprint density at radius 2 is 0.649 bits per heavy atom. The topological polar surface area (TPSA) is 511 Å². The van der Waals surface area contributed by atoms with Crippen LogP contribution in [0.2, 0.25) is 0 Å². The maximum Gasteiger partial charge on any atom is 0.475 e. The molecule has 0 saturated carbocycles. The minimum absolute atomic E-state index is 0.00200. The third kappa shape index (κ3) is 22.5. The molecule has 12 heterocycles. The van der Waals surface area contributed by atoms with Gasteiger partial charge >= 0.3 is 54.0 Å². The largest absolute Gasteiger partial charge is 0.475 e. The quantitative estimate of drug-likeness (QED) is 0.0409. The van der Waals surface area contributed by atoms with Gasteiger partial charge < -0.3 is 41.9 Å². The van der Waals surface area contributed by atoms with Crippen LogP contribution in [0.15, 0.2) is 68.2 Å². The number of hydrogen-bond donors (Lipinski definition) is 4. The van der Waals surface area contributed by atoms with Crippen molar-refractivity contribution < 1.29 is 106 Å². The molecule has 8 N–H and O–H groups in total. The van der Waals surface area contributed by atoms with Crippen LogP contribution in [-0.4, -0.2) is 191 Å². The summed E-state index contributed by atoms with van der Waals surface area (Å²) in [6.45, 7) is 25.9. The number of anilines is 4. The van der Waals surface area contributed by atoms with Gasteiger partial charge in [-0.2, -0.15) is 19.9 Å². The van der Waals surface area contributed by atoms with Crippen LogP contribution < -0.4 is 45.7 Å². The monoisotopic (exact) mass is 1820 g/mol. The van der Waals surface area contributed by atoms with Crippen LogP contribution in [0.25, 0.3) is 0 Å². The van der Waals surface area contributed by atoms with Gasteiger partial charge in [-0.15, -0.1) is 46.4 Å². The second-order valence-corrected chi connectivity index (χ2v) is 43.7. The number of ether oxygens (including phenoxy) is 4. The summed E-state index contributed by atoms with van der Waals surface area (Å²) in [4.78, 5) is 94.3. The van der Waals surface area contributed by atoms with Crippen molar-refractivity contribution in [2.45, 2.75) is 203 Å². The van der Waals surface area contributed by atoms with Gasteiger partial charge in [0.25, 0.3) is 0 Å². The zero-order chi connectivity index (χ0) is 84.7. The third-order valence-corrected chi connectivity index (χ3v) is 28.9. The molecular weight excluding hydrogens is 1730 g/mol. The molecule has 39 nitrogen and oxygen atoms in total. The maximum atomic E-state index is 12.9. The first-order chi connectivity index (χ1) is 52.6. The van der Waals surface area contributed by atoms with Gasteiger partial charge in [0.2, 0.25) is 0 Å². The van der Waals surface area contributed by atoms with Crippen molar-refractivity contribution in [1.29, 1.82) is 0 Å². The Morgan fingerprint density at radius 3 is 0.851 bits per heavy atom. The van der Waals surface area contributed by atoms with Crippen LogP contribution in [0.1, 0.15) is 129 Å². The Balaban J connectivity index is 0.000000175. The molecule has 0 aromatic carbocycles. The highest BCUT2D eigenvalue weighted by molar-refractivity contribution is 8.14. The number of carbonyl (C=O) groups is 3. The summed E-state index contributed by atoms with van der Waals surface area (Å²) < 4.78 is 144. The van der Waals surface area contributed by atoms with Crippen molar-refractivity contribution in [3.63, 3.8) is 0 Å². The van der Waals surface area contributed by atoms with Crippen molar-refractivity contribution in [1.82, 2.24) is 38.2 Å². The fourth-order valence-corrected chi connectivity index (χ4v) is 22.2. The second kappa shape index (κ2) is 36.5. The molecule has 8 saturated heterocycles. The van der Waals surface area contributed by atoms with Crippen LogP contribution in [0.4, 0.5) is 23.3 Å². The van der Waals surface area contributed by atoms with Gasteiger partial charge in [0.1, 0.15) is 91.6 Å². The molecule has 8 aliphatic heterocycles. The predicted molar refractivity (Wildman–Crippen MR) is 423 cm³/mol. The van der Waals surface area contributed by atoms with E-state index >= 15 is 0 Å². The molecule has 114 heavy (non-hydrogen) atoms. The molecule has 4 aromatic heterocycles. The molecule has 0 amide bonds. The van der Waals surface area contributed by atoms with E-state index in [9.17, 15) is 51.8 Å². The van der Waals surface area contributed by atoms with E-state index in [1.807, 2.05) is 62.3 Å². The fourth-order valence-electron chi connectivity index (χ4n) is 11.8. The summed E-state index contributed by atoms with van der Waals surface area (Å²) in [6.07, 6.45) is -4.30. The molecule has 638 valence electrons. The minimum atomic E-state index is -3.91. The molecular formula is C64H94Cl4N12O27P4S3. The summed E-state index contributed by atoms with van der Waals surface area (Å²) in [5.74, 6) is 1.20. The van der Waals surface area contributed by atoms with Crippen molar-refractivity contribution in [3.05, 3.63) is 91.0 Å². The van der Waals surface area contributed by atoms with E-state index in [1.165, 1.54) is 67.3 Å². The number of phosphoric ester groups is 4. The Morgan fingerprint density at radius 1 is 0.439 bits per heavy atom. The maximum absolute atomic E-state index is 12.9. The first kappa shape index (κ1) is 94.1. The number of thioether (sulfide) groups is 3. The lowest BCUT2D eigenvalue weighted by Gasteiger charge is -2.35. The second-order valence-electron chi connectivity index (χ2n) is 30.8. The number of halogens is 4. The molecule has 0 bridgehead atoms. The van der Waals surface area contributed by atoms with E-state index in [0.717, 1.165) is 35.3 Å². The summed E-state index contributed by atoms with van der Waals surface area (Å²) in [6, 6.07) is 5.80. The van der Waals surface area contributed by atoms with Crippen LogP contribution in [0.5, 0.6) is 0 Å². The molecule has 20 atom stereocenters. The molecule has 8 aliphatic rings. The first-order valence-corrected chi connectivity index (χ1v) is 45.6. The molecule has 50 heteroatoms. The van der Waals surface area contributed by atoms with E-state index in [2.05, 4.69) is 19.9 Å². The van der Waals surface area contributed by atoms with Gasteiger partial charge in [-0.1, -0.05) is 97.6 Å². The van der Waals surface area contributed by atoms with Crippen LogP contribution in [0, 0.1) is 16.2 Å². The van der Waals surface area contributed by atoms with Crippen LogP contribution in [-0.2, 0) is 106 Å². The van der Waals surface area contributed by atoms with E-state index < -0.39 is 164 Å². The summed E-state index contributed by atoms with van der Waals surface area (Å²) in [5, 5.41) is -0.00599. The summed E-state index contributed by atoms with van der Waals surface area (Å²) in [7, 11) is -15.5.